The van der Waals surface area contributed by atoms with Crippen LogP contribution in [0.4, 0.5) is 0 Å². The molecule has 1 rings (SSSR count). The third-order valence-corrected chi connectivity index (χ3v) is 2.96. The van der Waals surface area contributed by atoms with Gasteiger partial charge in [-0.25, -0.2) is 4.79 Å². The van der Waals surface area contributed by atoms with Gasteiger partial charge in [0, 0.05) is 5.57 Å². The Morgan fingerprint density at radius 2 is 1.71 bits per heavy atom. The highest BCUT2D eigenvalue weighted by atomic mass is 16.5. The lowest BCUT2D eigenvalue weighted by Gasteiger charge is -2.24. The first-order valence-corrected chi connectivity index (χ1v) is 5.42. The number of methoxy groups -OCH3 is 1. The van der Waals surface area contributed by atoms with Gasteiger partial charge in [-0.15, -0.1) is 0 Å². The number of carbonyl (C=O) groups excluding carboxylic acids is 1. The summed E-state index contributed by atoms with van der Waals surface area (Å²) in [6.07, 6.45) is 6.11. The minimum atomic E-state index is -0.128. The Balaban J connectivity index is 2.77. The van der Waals surface area contributed by atoms with E-state index < -0.39 is 0 Å². The topological polar surface area (TPSA) is 26.3 Å². The summed E-state index contributed by atoms with van der Waals surface area (Å²) in [4.78, 5) is 11.6. The largest absolute Gasteiger partial charge is 0.466 e. The smallest absolute Gasteiger partial charge is 0.333 e. The number of carbonyl (C=O) groups is 1. The van der Waals surface area contributed by atoms with Crippen molar-refractivity contribution in [1.29, 1.82) is 0 Å². The second-order valence-electron chi connectivity index (χ2n) is 4.24. The molecule has 0 saturated heterocycles. The van der Waals surface area contributed by atoms with E-state index in [0.29, 0.717) is 5.92 Å². The number of rotatable bonds is 2. The van der Waals surface area contributed by atoms with E-state index in [2.05, 4.69) is 0 Å². The summed E-state index contributed by atoms with van der Waals surface area (Å²) in [5.41, 5.74) is 2.04. The fourth-order valence-corrected chi connectivity index (χ4v) is 2.28. The summed E-state index contributed by atoms with van der Waals surface area (Å²) >= 11 is 0. The maximum Gasteiger partial charge on any atom is 0.333 e. The average Bonchev–Trinajstić information content (AvgIpc) is 2.19. The number of ether oxygens (including phenoxy) is 1. The van der Waals surface area contributed by atoms with Crippen molar-refractivity contribution in [1.82, 2.24) is 0 Å². The van der Waals surface area contributed by atoms with Crippen LogP contribution in [0.25, 0.3) is 0 Å². The maximum absolute atomic E-state index is 11.6. The van der Waals surface area contributed by atoms with Crippen molar-refractivity contribution in [3.63, 3.8) is 0 Å². The van der Waals surface area contributed by atoms with Crippen molar-refractivity contribution in [3.05, 3.63) is 11.1 Å². The molecule has 0 amide bonds. The molecule has 0 radical (unpaired) electrons. The number of esters is 1. The molecule has 0 aromatic carbocycles. The summed E-state index contributed by atoms with van der Waals surface area (Å²) in [6, 6.07) is 0. The molecule has 0 aromatic heterocycles. The Morgan fingerprint density at radius 3 is 2.14 bits per heavy atom. The Morgan fingerprint density at radius 1 is 1.14 bits per heavy atom. The van der Waals surface area contributed by atoms with Gasteiger partial charge in [0.15, 0.2) is 0 Å². The van der Waals surface area contributed by atoms with Gasteiger partial charge in [-0.1, -0.05) is 24.8 Å². The highest BCUT2D eigenvalue weighted by Gasteiger charge is 2.24. The predicted molar refractivity (Wildman–Crippen MR) is 57.0 cm³/mol. The Kier molecular flexibility index (Phi) is 4.18. The lowest BCUT2D eigenvalue weighted by atomic mass is 9.82. The Hall–Kier alpha value is -0.790. The molecule has 0 heterocycles. The molecule has 0 aromatic rings. The number of hydrogen-bond acceptors (Lipinski definition) is 2. The van der Waals surface area contributed by atoms with Crippen LogP contribution in [0, 0.1) is 5.92 Å². The van der Waals surface area contributed by atoms with Crippen molar-refractivity contribution in [2.45, 2.75) is 46.0 Å². The third-order valence-electron chi connectivity index (χ3n) is 2.96. The van der Waals surface area contributed by atoms with E-state index in [0.717, 1.165) is 24.0 Å². The van der Waals surface area contributed by atoms with Crippen molar-refractivity contribution in [3.8, 4) is 0 Å². The molecular formula is C12H20O2. The van der Waals surface area contributed by atoms with Crippen LogP contribution in [0.2, 0.25) is 0 Å². The van der Waals surface area contributed by atoms with Gasteiger partial charge in [0.1, 0.15) is 0 Å². The molecule has 0 aliphatic heterocycles. The van der Waals surface area contributed by atoms with Crippen LogP contribution in [0.3, 0.4) is 0 Å². The molecule has 0 atom stereocenters. The summed E-state index contributed by atoms with van der Waals surface area (Å²) in [6.45, 7) is 4.00. The molecule has 2 heteroatoms. The van der Waals surface area contributed by atoms with Gasteiger partial charge in [-0.2, -0.15) is 0 Å². The first-order valence-electron chi connectivity index (χ1n) is 5.42. The summed E-state index contributed by atoms with van der Waals surface area (Å²) < 4.78 is 4.83. The lowest BCUT2D eigenvalue weighted by molar-refractivity contribution is -0.136. The monoisotopic (exact) mass is 196 g/mol. The second-order valence-corrected chi connectivity index (χ2v) is 4.24. The van der Waals surface area contributed by atoms with E-state index in [1.54, 1.807) is 0 Å². The van der Waals surface area contributed by atoms with E-state index in [1.807, 2.05) is 13.8 Å². The van der Waals surface area contributed by atoms with Crippen molar-refractivity contribution < 1.29 is 9.53 Å². The molecule has 1 aliphatic rings. The zero-order valence-corrected chi connectivity index (χ0v) is 9.43. The van der Waals surface area contributed by atoms with Crippen LogP contribution in [0.1, 0.15) is 46.0 Å². The fourth-order valence-electron chi connectivity index (χ4n) is 2.28. The quantitative estimate of drug-likeness (QED) is 0.501. The van der Waals surface area contributed by atoms with E-state index in [-0.39, 0.29) is 5.97 Å². The minimum Gasteiger partial charge on any atom is -0.466 e. The molecule has 0 unspecified atom stereocenters. The van der Waals surface area contributed by atoms with E-state index in [9.17, 15) is 4.79 Å². The number of hydrogen-bond donors (Lipinski definition) is 0. The van der Waals surface area contributed by atoms with E-state index >= 15 is 0 Å². The molecular weight excluding hydrogens is 176 g/mol. The average molecular weight is 196 g/mol. The van der Waals surface area contributed by atoms with E-state index in [4.69, 9.17) is 4.74 Å². The van der Waals surface area contributed by atoms with Crippen LogP contribution in [-0.4, -0.2) is 13.1 Å². The van der Waals surface area contributed by atoms with Crippen molar-refractivity contribution in [2.24, 2.45) is 5.92 Å². The minimum absolute atomic E-state index is 0.128. The molecule has 0 spiro atoms. The highest BCUT2D eigenvalue weighted by Crippen LogP contribution is 2.31. The van der Waals surface area contributed by atoms with Gasteiger partial charge >= 0.3 is 5.97 Å². The van der Waals surface area contributed by atoms with Crippen LogP contribution in [-0.2, 0) is 9.53 Å². The van der Waals surface area contributed by atoms with Crippen LogP contribution in [0.15, 0.2) is 11.1 Å². The summed E-state index contributed by atoms with van der Waals surface area (Å²) in [5, 5.41) is 0. The second kappa shape index (κ2) is 5.18. The normalized spacial score (nSPS) is 17.6. The molecule has 2 nitrogen and oxygen atoms in total. The molecule has 1 saturated carbocycles. The predicted octanol–water partition coefficient (Wildman–Crippen LogP) is 3.08. The molecule has 80 valence electrons. The standard InChI is InChI=1S/C12H20O2/c1-9(2)11(12(13)14-3)10-7-5-4-6-8-10/h10H,4-8H2,1-3H3. The van der Waals surface area contributed by atoms with Gasteiger partial charge in [0.2, 0.25) is 0 Å². The third kappa shape index (κ3) is 2.60. The van der Waals surface area contributed by atoms with Gasteiger partial charge in [-0.3, -0.25) is 0 Å². The number of allylic oxidation sites excluding steroid dienone is 1. The van der Waals surface area contributed by atoms with Gasteiger partial charge in [0.05, 0.1) is 7.11 Å². The molecule has 0 N–H and O–H groups in total. The first-order chi connectivity index (χ1) is 6.66. The van der Waals surface area contributed by atoms with Crippen LogP contribution >= 0.6 is 0 Å². The van der Waals surface area contributed by atoms with Gasteiger partial charge in [-0.05, 0) is 32.6 Å². The summed E-state index contributed by atoms with van der Waals surface area (Å²) in [7, 11) is 1.47. The zero-order chi connectivity index (χ0) is 10.6. The molecule has 0 bridgehead atoms. The highest BCUT2D eigenvalue weighted by molar-refractivity contribution is 5.89. The van der Waals surface area contributed by atoms with Crippen LogP contribution in [0.5, 0.6) is 0 Å². The Labute approximate surface area is 86.3 Å². The van der Waals surface area contributed by atoms with Crippen LogP contribution < -0.4 is 0 Å². The molecule has 14 heavy (non-hydrogen) atoms. The SMILES string of the molecule is COC(=O)C(=C(C)C)C1CCCCC1. The molecule has 1 fully saturated rings. The maximum atomic E-state index is 11.6. The first kappa shape index (κ1) is 11.3. The van der Waals surface area contributed by atoms with Crippen molar-refractivity contribution >= 4 is 5.97 Å². The fraction of sp³-hybridized carbons (Fsp3) is 0.750. The lowest BCUT2D eigenvalue weighted by Crippen LogP contribution is -2.18. The van der Waals surface area contributed by atoms with Gasteiger partial charge < -0.3 is 4.74 Å². The van der Waals surface area contributed by atoms with E-state index in [1.165, 1.54) is 26.4 Å². The summed E-state index contributed by atoms with van der Waals surface area (Å²) in [5.74, 6) is 0.318. The van der Waals surface area contributed by atoms with Gasteiger partial charge in [0.25, 0.3) is 0 Å². The molecule has 1 aliphatic carbocycles. The van der Waals surface area contributed by atoms with Crippen molar-refractivity contribution in [2.75, 3.05) is 7.11 Å². The zero-order valence-electron chi connectivity index (χ0n) is 9.43. The Bertz CT molecular complexity index is 231.